The van der Waals surface area contributed by atoms with E-state index in [1.807, 2.05) is 24.5 Å². The molecule has 1 aliphatic rings. The van der Waals surface area contributed by atoms with Gasteiger partial charge in [-0.25, -0.2) is 0 Å². The zero-order valence-electron chi connectivity index (χ0n) is 9.85. The Bertz CT molecular complexity index is 563. The number of rotatable bonds is 1. The van der Waals surface area contributed by atoms with Crippen LogP contribution in [-0.2, 0) is 13.1 Å². The number of fused-ring (bicyclic) bond motifs is 1. The first-order valence-corrected chi connectivity index (χ1v) is 5.77. The Balaban J connectivity index is 1.94. The van der Waals surface area contributed by atoms with Crippen LogP contribution in [0.15, 0.2) is 36.7 Å². The Morgan fingerprint density at radius 1 is 1.18 bits per heavy atom. The molecule has 86 valence electrons. The van der Waals surface area contributed by atoms with Crippen LogP contribution in [-0.4, -0.2) is 4.98 Å². The van der Waals surface area contributed by atoms with Crippen LogP contribution in [0.2, 0.25) is 0 Å². The number of aromatic nitrogens is 1. The van der Waals surface area contributed by atoms with Crippen molar-refractivity contribution >= 4 is 11.4 Å². The summed E-state index contributed by atoms with van der Waals surface area (Å²) in [6.45, 7) is 3.99. The summed E-state index contributed by atoms with van der Waals surface area (Å²) in [5.41, 5.74) is 11.8. The monoisotopic (exact) mass is 225 g/mol. The summed E-state index contributed by atoms with van der Waals surface area (Å²) < 4.78 is 0. The molecule has 0 saturated carbocycles. The maximum absolute atomic E-state index is 5.81. The molecule has 0 spiro atoms. The number of anilines is 2. The van der Waals surface area contributed by atoms with Gasteiger partial charge in [0.25, 0.3) is 0 Å². The van der Waals surface area contributed by atoms with Gasteiger partial charge in [-0.2, -0.15) is 0 Å². The van der Waals surface area contributed by atoms with E-state index in [9.17, 15) is 0 Å². The number of nitrogens with two attached hydrogens (primary N) is 1. The van der Waals surface area contributed by atoms with Gasteiger partial charge in [0.05, 0.1) is 11.9 Å². The van der Waals surface area contributed by atoms with Gasteiger partial charge in [-0.3, -0.25) is 4.98 Å². The first-order chi connectivity index (χ1) is 8.24. The minimum Gasteiger partial charge on any atom is -0.399 e. The molecule has 0 aliphatic carbocycles. The molecule has 3 rings (SSSR count). The number of nitrogen functional groups attached to an aromatic ring is 1. The summed E-state index contributed by atoms with van der Waals surface area (Å²) in [6, 6.07) is 8.21. The van der Waals surface area contributed by atoms with Crippen molar-refractivity contribution in [2.24, 2.45) is 0 Å². The largest absolute Gasteiger partial charge is 0.399 e. The summed E-state index contributed by atoms with van der Waals surface area (Å²) in [5, 5.41) is 0. The van der Waals surface area contributed by atoms with Crippen molar-refractivity contribution in [3.8, 4) is 0 Å². The Morgan fingerprint density at radius 3 is 2.82 bits per heavy atom. The van der Waals surface area contributed by atoms with Crippen LogP contribution in [0, 0.1) is 6.92 Å². The predicted octanol–water partition coefficient (Wildman–Crippen LogP) is 2.49. The number of hydrogen-bond acceptors (Lipinski definition) is 3. The lowest BCUT2D eigenvalue weighted by Crippen LogP contribution is -2.15. The molecule has 0 fully saturated rings. The number of hydrogen-bond donors (Lipinski definition) is 1. The summed E-state index contributed by atoms with van der Waals surface area (Å²) in [6.07, 6.45) is 3.77. The van der Waals surface area contributed by atoms with Crippen molar-refractivity contribution in [2.45, 2.75) is 20.0 Å². The molecule has 0 saturated heterocycles. The van der Waals surface area contributed by atoms with Gasteiger partial charge in [-0.15, -0.1) is 0 Å². The van der Waals surface area contributed by atoms with E-state index >= 15 is 0 Å². The Labute approximate surface area is 101 Å². The fourth-order valence-corrected chi connectivity index (χ4v) is 2.37. The quantitative estimate of drug-likeness (QED) is 0.758. The second-order valence-electron chi connectivity index (χ2n) is 4.55. The van der Waals surface area contributed by atoms with Crippen LogP contribution in [0.25, 0.3) is 0 Å². The Hall–Kier alpha value is -2.03. The van der Waals surface area contributed by atoms with Gasteiger partial charge in [-0.1, -0.05) is 6.07 Å². The number of benzene rings is 1. The highest BCUT2D eigenvalue weighted by Gasteiger charge is 2.20. The molecule has 17 heavy (non-hydrogen) atoms. The molecule has 0 radical (unpaired) electrons. The maximum atomic E-state index is 5.81. The van der Waals surface area contributed by atoms with Crippen molar-refractivity contribution < 1.29 is 0 Å². The number of aryl methyl sites for hydroxylation is 1. The smallest absolute Gasteiger partial charge is 0.0588 e. The van der Waals surface area contributed by atoms with Gasteiger partial charge in [0.15, 0.2) is 0 Å². The van der Waals surface area contributed by atoms with E-state index in [4.69, 9.17) is 5.73 Å². The Morgan fingerprint density at radius 2 is 2.00 bits per heavy atom. The predicted molar refractivity (Wildman–Crippen MR) is 69.7 cm³/mol. The molecule has 0 bridgehead atoms. The van der Waals surface area contributed by atoms with Crippen molar-refractivity contribution in [3.63, 3.8) is 0 Å². The highest BCUT2D eigenvalue weighted by molar-refractivity contribution is 5.57. The molecule has 1 aromatic carbocycles. The minimum absolute atomic E-state index is 0.841. The molecular formula is C14H15N3. The first kappa shape index (κ1) is 10.1. The molecule has 2 aromatic rings. The lowest BCUT2D eigenvalue weighted by atomic mass is 10.1. The summed E-state index contributed by atoms with van der Waals surface area (Å²) >= 11 is 0. The second-order valence-corrected chi connectivity index (χ2v) is 4.55. The Kier molecular flexibility index (Phi) is 2.25. The third-order valence-electron chi connectivity index (χ3n) is 3.30. The lowest BCUT2D eigenvalue weighted by molar-refractivity contribution is 0.870. The minimum atomic E-state index is 0.841. The molecule has 0 atom stereocenters. The third kappa shape index (κ3) is 1.73. The van der Waals surface area contributed by atoms with Crippen LogP contribution < -0.4 is 10.6 Å². The summed E-state index contributed by atoms with van der Waals surface area (Å²) in [5.74, 6) is 0. The third-order valence-corrected chi connectivity index (χ3v) is 3.30. The summed E-state index contributed by atoms with van der Waals surface area (Å²) in [4.78, 5) is 6.54. The molecule has 1 aliphatic heterocycles. The van der Waals surface area contributed by atoms with E-state index in [2.05, 4.69) is 28.9 Å². The second kappa shape index (κ2) is 3.77. The van der Waals surface area contributed by atoms with Gasteiger partial charge in [0.1, 0.15) is 0 Å². The van der Waals surface area contributed by atoms with Crippen molar-refractivity contribution in [2.75, 3.05) is 10.6 Å². The van der Waals surface area contributed by atoms with Crippen LogP contribution in [0.1, 0.15) is 16.7 Å². The average Bonchev–Trinajstić information content (AvgIpc) is 2.72. The molecule has 3 nitrogen and oxygen atoms in total. The van der Waals surface area contributed by atoms with Gasteiger partial charge in [0, 0.05) is 25.0 Å². The van der Waals surface area contributed by atoms with Gasteiger partial charge >= 0.3 is 0 Å². The molecule has 0 unspecified atom stereocenters. The van der Waals surface area contributed by atoms with Gasteiger partial charge in [0.2, 0.25) is 0 Å². The topological polar surface area (TPSA) is 42.2 Å². The van der Waals surface area contributed by atoms with Gasteiger partial charge in [-0.05, 0) is 41.8 Å². The molecule has 2 N–H and O–H groups in total. The van der Waals surface area contributed by atoms with Crippen LogP contribution in [0.3, 0.4) is 0 Å². The maximum Gasteiger partial charge on any atom is 0.0588 e. The average molecular weight is 225 g/mol. The molecule has 2 heterocycles. The lowest BCUT2D eigenvalue weighted by Gasteiger charge is -2.19. The zero-order valence-corrected chi connectivity index (χ0v) is 9.85. The first-order valence-electron chi connectivity index (χ1n) is 5.77. The van der Waals surface area contributed by atoms with E-state index < -0.39 is 0 Å². The van der Waals surface area contributed by atoms with Crippen LogP contribution in [0.5, 0.6) is 0 Å². The van der Waals surface area contributed by atoms with Crippen molar-refractivity contribution in [1.29, 1.82) is 0 Å². The van der Waals surface area contributed by atoms with Crippen molar-refractivity contribution in [1.82, 2.24) is 4.98 Å². The molecule has 1 aromatic heterocycles. The van der Waals surface area contributed by atoms with Crippen LogP contribution in [0.4, 0.5) is 11.4 Å². The molecule has 3 heteroatoms. The standard InChI is InChI=1S/C14H15N3/c1-10-4-5-16-7-14(10)17-8-11-2-3-13(15)6-12(11)9-17/h2-7H,8-9,15H2,1H3. The van der Waals surface area contributed by atoms with E-state index in [-0.39, 0.29) is 0 Å². The van der Waals surface area contributed by atoms with E-state index in [0.29, 0.717) is 0 Å². The fraction of sp³-hybridized carbons (Fsp3) is 0.214. The SMILES string of the molecule is Cc1ccncc1N1Cc2ccc(N)cc2C1. The number of nitrogens with zero attached hydrogens (tertiary/aromatic N) is 2. The summed E-state index contributed by atoms with van der Waals surface area (Å²) in [7, 11) is 0. The zero-order chi connectivity index (χ0) is 11.8. The van der Waals surface area contributed by atoms with E-state index in [0.717, 1.165) is 18.8 Å². The molecule has 0 amide bonds. The highest BCUT2D eigenvalue weighted by atomic mass is 15.2. The van der Waals surface area contributed by atoms with Crippen molar-refractivity contribution in [3.05, 3.63) is 53.3 Å². The number of pyridine rings is 1. The molecular weight excluding hydrogens is 210 g/mol. The fourth-order valence-electron chi connectivity index (χ4n) is 2.37. The van der Waals surface area contributed by atoms with E-state index in [1.165, 1.54) is 22.4 Å². The highest BCUT2D eigenvalue weighted by Crippen LogP contribution is 2.30. The van der Waals surface area contributed by atoms with Gasteiger partial charge < -0.3 is 10.6 Å². The van der Waals surface area contributed by atoms with Crippen LogP contribution >= 0.6 is 0 Å². The normalized spacial score (nSPS) is 13.8. The van der Waals surface area contributed by atoms with E-state index in [1.54, 1.807) is 0 Å².